The summed E-state index contributed by atoms with van der Waals surface area (Å²) in [5, 5.41) is 11.9. The third-order valence-electron chi connectivity index (χ3n) is 3.83. The number of urea groups is 1. The minimum absolute atomic E-state index is 0.0515. The zero-order valence-corrected chi connectivity index (χ0v) is 14.1. The van der Waals surface area contributed by atoms with Crippen molar-refractivity contribution in [2.24, 2.45) is 0 Å². The molecule has 0 spiro atoms. The fourth-order valence-electron chi connectivity index (χ4n) is 2.60. The van der Waals surface area contributed by atoms with Gasteiger partial charge in [-0.3, -0.25) is 0 Å². The molecule has 0 aliphatic rings. The summed E-state index contributed by atoms with van der Waals surface area (Å²) in [5.41, 5.74) is 3.09. The van der Waals surface area contributed by atoms with Gasteiger partial charge in [0.25, 0.3) is 0 Å². The standard InChI is InChI=1S/C19H21N3O3/c1-2-11-22(12-13-23)19(24)20-15-9-7-14(8-10-15)18-21-16-5-3-4-6-17(16)25-18/h3-10,23H,2,11-13H2,1H3,(H,20,24). The predicted molar refractivity (Wildman–Crippen MR) is 97.4 cm³/mol. The topological polar surface area (TPSA) is 78.6 Å². The van der Waals surface area contributed by atoms with Crippen molar-refractivity contribution in [1.29, 1.82) is 0 Å². The molecule has 6 nitrogen and oxygen atoms in total. The highest BCUT2D eigenvalue weighted by atomic mass is 16.3. The van der Waals surface area contributed by atoms with Gasteiger partial charge in [0.15, 0.2) is 5.58 Å². The van der Waals surface area contributed by atoms with Gasteiger partial charge in [0.1, 0.15) is 5.52 Å². The van der Waals surface area contributed by atoms with E-state index in [1.807, 2.05) is 55.5 Å². The minimum Gasteiger partial charge on any atom is -0.436 e. The van der Waals surface area contributed by atoms with E-state index < -0.39 is 0 Å². The molecule has 1 heterocycles. The van der Waals surface area contributed by atoms with Crippen LogP contribution in [0, 0.1) is 0 Å². The molecule has 130 valence electrons. The van der Waals surface area contributed by atoms with E-state index in [0.717, 1.165) is 23.1 Å². The zero-order valence-electron chi connectivity index (χ0n) is 14.1. The second-order valence-electron chi connectivity index (χ2n) is 5.70. The van der Waals surface area contributed by atoms with Gasteiger partial charge < -0.3 is 19.7 Å². The van der Waals surface area contributed by atoms with E-state index >= 15 is 0 Å². The SMILES string of the molecule is CCCN(CCO)C(=O)Nc1ccc(-c2nc3ccccc3o2)cc1. The van der Waals surface area contributed by atoms with Crippen LogP contribution in [0.15, 0.2) is 52.9 Å². The van der Waals surface area contributed by atoms with Crippen molar-refractivity contribution in [2.45, 2.75) is 13.3 Å². The number of amides is 2. The van der Waals surface area contributed by atoms with E-state index in [0.29, 0.717) is 24.7 Å². The van der Waals surface area contributed by atoms with E-state index in [9.17, 15) is 4.79 Å². The molecule has 1 aromatic heterocycles. The van der Waals surface area contributed by atoms with Gasteiger partial charge in [-0.1, -0.05) is 19.1 Å². The number of rotatable bonds is 6. The number of aliphatic hydroxyl groups excluding tert-OH is 1. The molecule has 3 aromatic rings. The van der Waals surface area contributed by atoms with Crippen LogP contribution < -0.4 is 5.32 Å². The number of aliphatic hydroxyl groups is 1. The number of carbonyl (C=O) groups excluding carboxylic acids is 1. The summed E-state index contributed by atoms with van der Waals surface area (Å²) in [6.07, 6.45) is 0.837. The molecular formula is C19H21N3O3. The third kappa shape index (κ3) is 3.97. The molecule has 0 aliphatic carbocycles. The first-order valence-corrected chi connectivity index (χ1v) is 8.34. The van der Waals surface area contributed by atoms with Gasteiger partial charge >= 0.3 is 6.03 Å². The number of carbonyl (C=O) groups is 1. The number of benzene rings is 2. The zero-order chi connectivity index (χ0) is 17.6. The Hall–Kier alpha value is -2.86. The summed E-state index contributed by atoms with van der Waals surface area (Å²) in [6, 6.07) is 14.7. The van der Waals surface area contributed by atoms with E-state index in [1.165, 1.54) is 0 Å². The average Bonchev–Trinajstić information content (AvgIpc) is 3.06. The van der Waals surface area contributed by atoms with Crippen LogP contribution >= 0.6 is 0 Å². The third-order valence-corrected chi connectivity index (χ3v) is 3.83. The second kappa shape index (κ2) is 7.81. The molecule has 0 fully saturated rings. The van der Waals surface area contributed by atoms with Crippen LogP contribution in [0.3, 0.4) is 0 Å². The van der Waals surface area contributed by atoms with E-state index in [4.69, 9.17) is 9.52 Å². The maximum absolute atomic E-state index is 12.2. The molecule has 0 atom stereocenters. The summed E-state index contributed by atoms with van der Waals surface area (Å²) in [5.74, 6) is 0.548. The van der Waals surface area contributed by atoms with Crippen LogP contribution in [-0.2, 0) is 0 Å². The van der Waals surface area contributed by atoms with Crippen LogP contribution in [0.25, 0.3) is 22.6 Å². The van der Waals surface area contributed by atoms with Crippen LogP contribution in [0.2, 0.25) is 0 Å². The lowest BCUT2D eigenvalue weighted by Crippen LogP contribution is -2.37. The van der Waals surface area contributed by atoms with Crippen molar-refractivity contribution < 1.29 is 14.3 Å². The summed E-state index contributed by atoms with van der Waals surface area (Å²) < 4.78 is 5.74. The van der Waals surface area contributed by atoms with Crippen molar-refractivity contribution in [2.75, 3.05) is 25.0 Å². The Morgan fingerprint density at radius 2 is 1.92 bits per heavy atom. The highest BCUT2D eigenvalue weighted by Gasteiger charge is 2.12. The van der Waals surface area contributed by atoms with Crippen molar-refractivity contribution in [3.63, 3.8) is 0 Å². The average molecular weight is 339 g/mol. The number of aromatic nitrogens is 1. The van der Waals surface area contributed by atoms with Gasteiger partial charge in [-0.2, -0.15) is 0 Å². The molecule has 3 rings (SSSR count). The normalized spacial score (nSPS) is 10.8. The number of hydrogen-bond acceptors (Lipinski definition) is 4. The summed E-state index contributed by atoms with van der Waals surface area (Å²) in [6.45, 7) is 2.87. The Labute approximate surface area is 146 Å². The minimum atomic E-state index is -0.217. The van der Waals surface area contributed by atoms with Gasteiger partial charge in [-0.05, 0) is 42.8 Å². The highest BCUT2D eigenvalue weighted by Crippen LogP contribution is 2.25. The molecular weight excluding hydrogens is 318 g/mol. The number of nitrogens with one attached hydrogen (secondary N) is 1. The Balaban J connectivity index is 1.72. The molecule has 0 unspecified atom stereocenters. The number of anilines is 1. The fraction of sp³-hybridized carbons (Fsp3) is 0.263. The number of hydrogen-bond donors (Lipinski definition) is 2. The molecule has 0 bridgehead atoms. The molecule has 6 heteroatoms. The van der Waals surface area contributed by atoms with Crippen molar-refractivity contribution >= 4 is 22.8 Å². The lowest BCUT2D eigenvalue weighted by atomic mass is 10.2. The summed E-state index contributed by atoms with van der Waals surface area (Å²) in [7, 11) is 0. The van der Waals surface area contributed by atoms with Crippen LogP contribution in [-0.4, -0.2) is 40.7 Å². The number of fused-ring (bicyclic) bond motifs is 1. The molecule has 0 aliphatic heterocycles. The highest BCUT2D eigenvalue weighted by molar-refractivity contribution is 5.89. The summed E-state index contributed by atoms with van der Waals surface area (Å²) in [4.78, 5) is 18.3. The molecule has 0 saturated carbocycles. The second-order valence-corrected chi connectivity index (χ2v) is 5.70. The van der Waals surface area contributed by atoms with E-state index in [1.54, 1.807) is 4.90 Å². The predicted octanol–water partition coefficient (Wildman–Crippen LogP) is 3.73. The molecule has 2 N–H and O–H groups in total. The first-order valence-electron chi connectivity index (χ1n) is 8.34. The van der Waals surface area contributed by atoms with Crippen molar-refractivity contribution in [3.8, 4) is 11.5 Å². The van der Waals surface area contributed by atoms with Gasteiger partial charge in [0.05, 0.1) is 6.61 Å². The number of nitrogens with zero attached hydrogens (tertiary/aromatic N) is 2. The van der Waals surface area contributed by atoms with Crippen LogP contribution in [0.5, 0.6) is 0 Å². The Kier molecular flexibility index (Phi) is 5.30. The molecule has 2 aromatic carbocycles. The molecule has 2 amide bonds. The Morgan fingerprint density at radius 3 is 2.60 bits per heavy atom. The Bertz CT molecular complexity index is 804. The number of oxazole rings is 1. The van der Waals surface area contributed by atoms with Crippen LogP contribution in [0.1, 0.15) is 13.3 Å². The van der Waals surface area contributed by atoms with Gasteiger partial charge in [-0.25, -0.2) is 9.78 Å². The molecule has 0 radical (unpaired) electrons. The van der Waals surface area contributed by atoms with Crippen molar-refractivity contribution in [3.05, 3.63) is 48.5 Å². The largest absolute Gasteiger partial charge is 0.436 e. The molecule has 0 saturated heterocycles. The fourth-order valence-corrected chi connectivity index (χ4v) is 2.60. The van der Waals surface area contributed by atoms with Gasteiger partial charge in [0, 0.05) is 24.3 Å². The van der Waals surface area contributed by atoms with E-state index in [-0.39, 0.29) is 12.6 Å². The van der Waals surface area contributed by atoms with E-state index in [2.05, 4.69) is 10.3 Å². The van der Waals surface area contributed by atoms with Gasteiger partial charge in [-0.15, -0.1) is 0 Å². The maximum Gasteiger partial charge on any atom is 0.321 e. The van der Waals surface area contributed by atoms with Gasteiger partial charge in [0.2, 0.25) is 5.89 Å². The molecule has 25 heavy (non-hydrogen) atoms. The lowest BCUT2D eigenvalue weighted by Gasteiger charge is -2.21. The number of para-hydroxylation sites is 2. The monoisotopic (exact) mass is 339 g/mol. The lowest BCUT2D eigenvalue weighted by molar-refractivity contribution is 0.188. The first-order chi connectivity index (χ1) is 12.2. The maximum atomic E-state index is 12.2. The quantitative estimate of drug-likeness (QED) is 0.717. The Morgan fingerprint density at radius 1 is 1.16 bits per heavy atom. The van der Waals surface area contributed by atoms with Crippen molar-refractivity contribution in [1.82, 2.24) is 9.88 Å². The smallest absolute Gasteiger partial charge is 0.321 e. The summed E-state index contributed by atoms with van der Waals surface area (Å²) >= 11 is 0. The van der Waals surface area contributed by atoms with Crippen LogP contribution in [0.4, 0.5) is 10.5 Å². The first kappa shape index (κ1) is 17.0.